The number of aliphatic hydroxyl groups is 1. The molecule has 0 aromatic heterocycles. The topological polar surface area (TPSA) is 54.4 Å². The molecule has 4 heteroatoms. The van der Waals surface area contributed by atoms with Gasteiger partial charge in [0.15, 0.2) is 9.84 Å². The maximum absolute atomic E-state index is 12.7. The maximum atomic E-state index is 12.7. The van der Waals surface area contributed by atoms with Crippen molar-refractivity contribution >= 4 is 20.6 Å². The minimum atomic E-state index is -3.59. The predicted octanol–water partition coefficient (Wildman–Crippen LogP) is 3.74. The van der Waals surface area contributed by atoms with Crippen molar-refractivity contribution in [3.8, 4) is 0 Å². The lowest BCUT2D eigenvalue weighted by Gasteiger charge is -2.20. The minimum absolute atomic E-state index is 0.229. The van der Waals surface area contributed by atoms with Gasteiger partial charge in [0.05, 0.1) is 16.2 Å². The van der Waals surface area contributed by atoms with Crippen molar-refractivity contribution in [3.05, 3.63) is 78.4 Å². The molecule has 118 valence electrons. The summed E-state index contributed by atoms with van der Waals surface area (Å²) in [6.07, 6.45) is -1.08. The average molecular weight is 326 g/mol. The van der Waals surface area contributed by atoms with Crippen LogP contribution in [0.5, 0.6) is 0 Å². The van der Waals surface area contributed by atoms with Gasteiger partial charge in [0.1, 0.15) is 0 Å². The van der Waals surface area contributed by atoms with Crippen LogP contribution < -0.4 is 0 Å². The molecule has 3 nitrogen and oxygen atoms in total. The van der Waals surface area contributed by atoms with Crippen LogP contribution in [0.4, 0.5) is 0 Å². The van der Waals surface area contributed by atoms with Crippen molar-refractivity contribution in [2.24, 2.45) is 0 Å². The van der Waals surface area contributed by atoms with Crippen LogP contribution in [0, 0.1) is 0 Å². The SMILES string of the molecule is C[C@@H]([C@H](O)c1ccc2ccccc2c1)S(=O)(=O)c1ccccc1. The second-order valence-corrected chi connectivity index (χ2v) is 7.92. The summed E-state index contributed by atoms with van der Waals surface area (Å²) in [6, 6.07) is 21.6. The summed E-state index contributed by atoms with van der Waals surface area (Å²) >= 11 is 0. The predicted molar refractivity (Wildman–Crippen MR) is 92.0 cm³/mol. The molecule has 0 saturated heterocycles. The van der Waals surface area contributed by atoms with Crippen molar-refractivity contribution in [1.29, 1.82) is 0 Å². The molecular formula is C19H18O3S. The lowest BCUT2D eigenvalue weighted by Crippen LogP contribution is -2.25. The Morgan fingerprint density at radius 2 is 1.43 bits per heavy atom. The van der Waals surface area contributed by atoms with Gasteiger partial charge < -0.3 is 5.11 Å². The van der Waals surface area contributed by atoms with E-state index in [9.17, 15) is 13.5 Å². The molecule has 0 heterocycles. The highest BCUT2D eigenvalue weighted by Gasteiger charge is 2.30. The molecule has 1 N–H and O–H groups in total. The largest absolute Gasteiger partial charge is 0.387 e. The lowest BCUT2D eigenvalue weighted by atomic mass is 10.0. The molecule has 23 heavy (non-hydrogen) atoms. The van der Waals surface area contributed by atoms with E-state index in [1.807, 2.05) is 36.4 Å². The molecule has 0 aliphatic rings. The van der Waals surface area contributed by atoms with E-state index in [4.69, 9.17) is 0 Å². The van der Waals surface area contributed by atoms with Crippen molar-refractivity contribution in [3.63, 3.8) is 0 Å². The first-order chi connectivity index (χ1) is 11.0. The smallest absolute Gasteiger partial charge is 0.183 e. The molecule has 3 rings (SSSR count). The molecule has 3 aromatic rings. The van der Waals surface area contributed by atoms with Gasteiger partial charge in [-0.25, -0.2) is 8.42 Å². The van der Waals surface area contributed by atoms with Gasteiger partial charge in [-0.1, -0.05) is 54.6 Å². The van der Waals surface area contributed by atoms with E-state index in [-0.39, 0.29) is 4.90 Å². The summed E-state index contributed by atoms with van der Waals surface area (Å²) in [7, 11) is -3.59. The minimum Gasteiger partial charge on any atom is -0.387 e. The number of fused-ring (bicyclic) bond motifs is 1. The summed E-state index contributed by atoms with van der Waals surface area (Å²) < 4.78 is 25.3. The Kier molecular flexibility index (Phi) is 4.20. The zero-order chi connectivity index (χ0) is 16.4. The number of hydrogen-bond acceptors (Lipinski definition) is 3. The molecule has 0 amide bonds. The molecule has 0 saturated carbocycles. The fraction of sp³-hybridized carbons (Fsp3) is 0.158. The lowest BCUT2D eigenvalue weighted by molar-refractivity contribution is 0.176. The van der Waals surface area contributed by atoms with Crippen molar-refractivity contribution < 1.29 is 13.5 Å². The van der Waals surface area contributed by atoms with E-state index in [0.29, 0.717) is 5.56 Å². The normalized spacial score (nSPS) is 14.5. The highest BCUT2D eigenvalue weighted by atomic mass is 32.2. The van der Waals surface area contributed by atoms with Crippen molar-refractivity contribution in [2.45, 2.75) is 23.2 Å². The number of rotatable bonds is 4. The number of benzene rings is 3. The van der Waals surface area contributed by atoms with E-state index in [0.717, 1.165) is 10.8 Å². The summed E-state index contributed by atoms with van der Waals surface area (Å²) in [5.41, 5.74) is 0.607. The van der Waals surface area contributed by atoms with E-state index < -0.39 is 21.2 Å². The van der Waals surface area contributed by atoms with E-state index in [1.54, 1.807) is 43.3 Å². The van der Waals surface area contributed by atoms with E-state index in [1.165, 1.54) is 0 Å². The third kappa shape index (κ3) is 3.00. The Morgan fingerprint density at radius 1 is 0.826 bits per heavy atom. The van der Waals surface area contributed by atoms with Crippen molar-refractivity contribution in [1.82, 2.24) is 0 Å². The fourth-order valence-electron chi connectivity index (χ4n) is 2.66. The number of sulfone groups is 1. The van der Waals surface area contributed by atoms with Crippen LogP contribution in [0.2, 0.25) is 0 Å². The highest BCUT2D eigenvalue weighted by molar-refractivity contribution is 7.92. The van der Waals surface area contributed by atoms with E-state index >= 15 is 0 Å². The first kappa shape index (κ1) is 15.7. The van der Waals surface area contributed by atoms with Gasteiger partial charge in [0.2, 0.25) is 0 Å². The Morgan fingerprint density at radius 3 is 2.13 bits per heavy atom. The molecule has 0 spiro atoms. The third-order valence-corrected chi connectivity index (χ3v) is 6.29. The van der Waals surface area contributed by atoms with Crippen LogP contribution in [-0.2, 0) is 9.84 Å². The van der Waals surface area contributed by atoms with Gasteiger partial charge in [0, 0.05) is 0 Å². The van der Waals surface area contributed by atoms with Gasteiger partial charge in [0.25, 0.3) is 0 Å². The zero-order valence-electron chi connectivity index (χ0n) is 12.8. The van der Waals surface area contributed by atoms with E-state index in [2.05, 4.69) is 0 Å². The summed E-state index contributed by atoms with van der Waals surface area (Å²) in [6.45, 7) is 1.54. The van der Waals surface area contributed by atoms with Crippen LogP contribution >= 0.6 is 0 Å². The molecule has 0 bridgehead atoms. The Bertz CT molecular complexity index is 918. The molecule has 0 aliphatic carbocycles. The molecule has 2 atom stereocenters. The molecular weight excluding hydrogens is 308 g/mol. The number of hydrogen-bond donors (Lipinski definition) is 1. The van der Waals surface area contributed by atoms with Crippen molar-refractivity contribution in [2.75, 3.05) is 0 Å². The quantitative estimate of drug-likeness (QED) is 0.795. The molecule has 0 aliphatic heterocycles. The van der Waals surface area contributed by atoms with Gasteiger partial charge in [-0.05, 0) is 41.5 Å². The fourth-order valence-corrected chi connectivity index (χ4v) is 4.12. The third-order valence-electron chi connectivity index (χ3n) is 4.12. The van der Waals surface area contributed by atoms with Gasteiger partial charge >= 0.3 is 0 Å². The monoisotopic (exact) mass is 326 g/mol. The summed E-state index contributed by atoms with van der Waals surface area (Å²) in [5, 5.41) is 11.7. The van der Waals surface area contributed by atoms with Crippen LogP contribution in [0.3, 0.4) is 0 Å². The number of aliphatic hydroxyl groups excluding tert-OH is 1. The van der Waals surface area contributed by atoms with Gasteiger partial charge in [-0.15, -0.1) is 0 Å². The van der Waals surface area contributed by atoms with Gasteiger partial charge in [-0.2, -0.15) is 0 Å². The summed E-state index contributed by atoms with van der Waals surface area (Å²) in [5.74, 6) is 0. The molecule has 0 unspecified atom stereocenters. The Hall–Kier alpha value is -2.17. The van der Waals surface area contributed by atoms with Crippen LogP contribution in [0.25, 0.3) is 10.8 Å². The van der Waals surface area contributed by atoms with Crippen LogP contribution in [0.15, 0.2) is 77.7 Å². The zero-order valence-corrected chi connectivity index (χ0v) is 13.6. The van der Waals surface area contributed by atoms with Crippen LogP contribution in [-0.4, -0.2) is 18.8 Å². The van der Waals surface area contributed by atoms with Crippen LogP contribution in [0.1, 0.15) is 18.6 Å². The Balaban J connectivity index is 1.96. The average Bonchev–Trinajstić information content (AvgIpc) is 2.60. The molecule has 0 radical (unpaired) electrons. The standard InChI is InChI=1S/C19H18O3S/c1-14(23(21,22)18-9-3-2-4-10-18)19(20)17-12-11-15-7-5-6-8-16(15)13-17/h2-14,19-20H,1H3/t14-,19-/m0/s1. The maximum Gasteiger partial charge on any atom is 0.183 e. The second kappa shape index (κ2) is 6.14. The molecule has 0 fully saturated rings. The summed E-state index contributed by atoms with van der Waals surface area (Å²) in [4.78, 5) is 0.229. The highest BCUT2D eigenvalue weighted by Crippen LogP contribution is 2.28. The molecule has 3 aromatic carbocycles. The first-order valence-corrected chi connectivity index (χ1v) is 9.00. The second-order valence-electron chi connectivity index (χ2n) is 5.61. The first-order valence-electron chi connectivity index (χ1n) is 7.46. The Labute approximate surface area is 136 Å². The van der Waals surface area contributed by atoms with Gasteiger partial charge in [-0.3, -0.25) is 0 Å².